The summed E-state index contributed by atoms with van der Waals surface area (Å²) < 4.78 is 5.82. The average Bonchev–Trinajstić information content (AvgIpc) is 2.48. The maximum Gasteiger partial charge on any atom is 0.244 e. The van der Waals surface area contributed by atoms with E-state index in [-0.39, 0.29) is 11.3 Å². The van der Waals surface area contributed by atoms with Gasteiger partial charge in [0, 0.05) is 24.4 Å². The summed E-state index contributed by atoms with van der Waals surface area (Å²) in [5.41, 5.74) is 7.15. The van der Waals surface area contributed by atoms with E-state index < -0.39 is 0 Å². The molecule has 0 atom stereocenters. The van der Waals surface area contributed by atoms with Crippen molar-refractivity contribution in [3.05, 3.63) is 35.9 Å². The van der Waals surface area contributed by atoms with Gasteiger partial charge in [-0.15, -0.1) is 0 Å². The van der Waals surface area contributed by atoms with Crippen molar-refractivity contribution in [2.45, 2.75) is 41.5 Å². The van der Waals surface area contributed by atoms with E-state index in [0.717, 1.165) is 18.0 Å². The van der Waals surface area contributed by atoms with Crippen molar-refractivity contribution in [1.82, 2.24) is 0 Å². The van der Waals surface area contributed by atoms with E-state index in [0.29, 0.717) is 24.6 Å². The summed E-state index contributed by atoms with van der Waals surface area (Å²) in [6.45, 7) is 14.8. The first kappa shape index (κ1) is 20.1. The van der Waals surface area contributed by atoms with Crippen LogP contribution >= 0.6 is 0 Å². The lowest BCUT2D eigenvalue weighted by atomic mass is 9.99. The second-order valence-electron chi connectivity index (χ2n) is 7.89. The number of nitrogens with two attached hydrogens (primary N) is 1. The zero-order valence-electron chi connectivity index (χ0n) is 15.9. The van der Waals surface area contributed by atoms with Crippen LogP contribution in [-0.2, 0) is 4.79 Å². The molecule has 134 valence electrons. The highest BCUT2D eigenvalue weighted by Crippen LogP contribution is 2.22. The van der Waals surface area contributed by atoms with Crippen LogP contribution in [0.15, 0.2) is 35.9 Å². The average molecular weight is 332 g/mol. The molecule has 0 aliphatic carbocycles. The fraction of sp³-hybridized carbons (Fsp3) is 0.550. The van der Waals surface area contributed by atoms with Crippen LogP contribution in [0, 0.1) is 11.3 Å². The fourth-order valence-corrected chi connectivity index (χ4v) is 2.13. The third-order valence-electron chi connectivity index (χ3n) is 3.47. The zero-order valence-corrected chi connectivity index (χ0v) is 15.9. The van der Waals surface area contributed by atoms with Crippen LogP contribution in [0.25, 0.3) is 0 Å². The first-order chi connectivity index (χ1) is 11.1. The third kappa shape index (κ3) is 7.53. The van der Waals surface area contributed by atoms with Crippen LogP contribution in [0.4, 0.5) is 5.69 Å². The lowest BCUT2D eigenvalue weighted by Gasteiger charge is -2.26. The normalized spacial score (nSPS) is 12.4. The molecule has 24 heavy (non-hydrogen) atoms. The van der Waals surface area contributed by atoms with Crippen LogP contribution in [0.2, 0.25) is 0 Å². The van der Waals surface area contributed by atoms with Crippen molar-refractivity contribution in [2.24, 2.45) is 17.1 Å². The molecule has 0 radical (unpaired) electrons. The van der Waals surface area contributed by atoms with Crippen molar-refractivity contribution in [2.75, 3.05) is 24.6 Å². The molecule has 0 saturated heterocycles. The molecule has 0 heterocycles. The van der Waals surface area contributed by atoms with Gasteiger partial charge in [0.1, 0.15) is 5.75 Å². The summed E-state index contributed by atoms with van der Waals surface area (Å²) in [5, 5.41) is 0. The lowest BCUT2D eigenvalue weighted by molar-refractivity contribution is -0.114. The van der Waals surface area contributed by atoms with E-state index in [1.807, 2.05) is 18.2 Å². The summed E-state index contributed by atoms with van der Waals surface area (Å²) in [5.74, 6) is 1.02. The minimum Gasteiger partial charge on any atom is -0.493 e. The Morgan fingerprint density at radius 1 is 1.25 bits per heavy atom. The van der Waals surface area contributed by atoms with Crippen LogP contribution in [0.5, 0.6) is 5.75 Å². The van der Waals surface area contributed by atoms with Crippen molar-refractivity contribution in [3.63, 3.8) is 0 Å². The molecule has 4 nitrogen and oxygen atoms in total. The summed E-state index contributed by atoms with van der Waals surface area (Å²) in [6.07, 6.45) is 1.88. The summed E-state index contributed by atoms with van der Waals surface area (Å²) in [7, 11) is 0. The third-order valence-corrected chi connectivity index (χ3v) is 3.47. The molecule has 1 rings (SSSR count). The van der Waals surface area contributed by atoms with Gasteiger partial charge in [0.05, 0.1) is 6.61 Å². The van der Waals surface area contributed by atoms with Gasteiger partial charge in [-0.2, -0.15) is 0 Å². The van der Waals surface area contributed by atoms with Crippen LogP contribution in [-0.4, -0.2) is 25.6 Å². The second-order valence-corrected chi connectivity index (χ2v) is 7.89. The van der Waals surface area contributed by atoms with Gasteiger partial charge in [-0.3, -0.25) is 4.79 Å². The molecule has 0 aliphatic rings. The highest BCUT2D eigenvalue weighted by atomic mass is 16.5. The van der Waals surface area contributed by atoms with Gasteiger partial charge in [0.2, 0.25) is 5.91 Å². The number of hydrogen-bond donors (Lipinski definition) is 1. The number of hydrogen-bond acceptors (Lipinski definition) is 3. The number of amides is 1. The summed E-state index contributed by atoms with van der Waals surface area (Å²) in [6, 6.07) is 8.12. The Hall–Kier alpha value is -1.97. The molecule has 1 amide bonds. The number of nitrogens with zero attached hydrogens (tertiary/aromatic N) is 1. The number of carbonyl (C=O) groups excluding carboxylic acids is 1. The van der Waals surface area contributed by atoms with Gasteiger partial charge in [0.25, 0.3) is 0 Å². The van der Waals surface area contributed by atoms with Crippen LogP contribution in [0.1, 0.15) is 41.5 Å². The maximum atomic E-state index is 11.2. The van der Waals surface area contributed by atoms with Crippen molar-refractivity contribution >= 4 is 11.6 Å². The Bertz CT molecular complexity index is 554. The number of rotatable bonds is 8. The van der Waals surface area contributed by atoms with E-state index in [9.17, 15) is 4.79 Å². The van der Waals surface area contributed by atoms with E-state index in [2.05, 4.69) is 51.7 Å². The number of anilines is 1. The molecule has 1 aromatic carbocycles. The lowest BCUT2D eigenvalue weighted by Crippen LogP contribution is -2.28. The molecule has 0 aliphatic heterocycles. The molecule has 0 fully saturated rings. The fourth-order valence-electron chi connectivity index (χ4n) is 2.13. The highest BCUT2D eigenvalue weighted by molar-refractivity contribution is 5.91. The van der Waals surface area contributed by atoms with E-state index in [1.165, 1.54) is 0 Å². The monoisotopic (exact) mass is 332 g/mol. The molecule has 4 heteroatoms. The van der Waals surface area contributed by atoms with E-state index in [1.54, 1.807) is 6.92 Å². The first-order valence-corrected chi connectivity index (χ1v) is 8.53. The molecule has 0 spiro atoms. The second kappa shape index (κ2) is 8.76. The topological polar surface area (TPSA) is 55.6 Å². The Kier molecular flexibility index (Phi) is 7.33. The first-order valence-electron chi connectivity index (χ1n) is 8.53. The van der Waals surface area contributed by atoms with Crippen molar-refractivity contribution in [3.8, 4) is 5.75 Å². The van der Waals surface area contributed by atoms with Gasteiger partial charge in [0.15, 0.2) is 0 Å². The van der Waals surface area contributed by atoms with Gasteiger partial charge < -0.3 is 15.4 Å². The smallest absolute Gasteiger partial charge is 0.244 e. The number of ether oxygens (including phenoxy) is 1. The number of primary amides is 1. The minimum atomic E-state index is -0.370. The van der Waals surface area contributed by atoms with Crippen molar-refractivity contribution < 1.29 is 9.53 Å². The standard InChI is InChI=1S/C20H32N2O2/c1-15(2)13-22(12-11-16(3)19(21)23)17-7-9-18(10-8-17)24-14-20(4,5)6/h7-11,15H,12-14H2,1-6H3,(H2,21,23). The molecule has 0 aromatic heterocycles. The summed E-state index contributed by atoms with van der Waals surface area (Å²) >= 11 is 0. The molecule has 0 unspecified atom stereocenters. The molecular weight excluding hydrogens is 300 g/mol. The van der Waals surface area contributed by atoms with Gasteiger partial charge in [-0.05, 0) is 42.5 Å². The van der Waals surface area contributed by atoms with E-state index >= 15 is 0 Å². The Balaban J connectivity index is 2.83. The predicted molar refractivity (Wildman–Crippen MR) is 101 cm³/mol. The Morgan fingerprint density at radius 2 is 1.83 bits per heavy atom. The SMILES string of the molecule is CC(=CCN(CC(C)C)c1ccc(OCC(C)(C)C)cc1)C(N)=O. The van der Waals surface area contributed by atoms with Gasteiger partial charge in [-0.1, -0.05) is 40.7 Å². The largest absolute Gasteiger partial charge is 0.493 e. The zero-order chi connectivity index (χ0) is 18.3. The molecule has 1 aromatic rings. The number of carbonyl (C=O) groups is 1. The minimum absolute atomic E-state index is 0.138. The molecular formula is C20H32N2O2. The van der Waals surface area contributed by atoms with E-state index in [4.69, 9.17) is 10.5 Å². The highest BCUT2D eigenvalue weighted by Gasteiger charge is 2.12. The van der Waals surface area contributed by atoms with Gasteiger partial charge >= 0.3 is 0 Å². The Labute approximate surface area is 146 Å². The molecule has 2 N–H and O–H groups in total. The maximum absolute atomic E-state index is 11.2. The Morgan fingerprint density at radius 3 is 2.29 bits per heavy atom. The van der Waals surface area contributed by atoms with Gasteiger partial charge in [-0.25, -0.2) is 0 Å². The predicted octanol–water partition coefficient (Wildman–Crippen LogP) is 4.01. The molecule has 0 saturated carbocycles. The van der Waals surface area contributed by atoms with Crippen LogP contribution in [0.3, 0.4) is 0 Å². The molecule has 0 bridgehead atoms. The van der Waals surface area contributed by atoms with Crippen LogP contribution < -0.4 is 15.4 Å². The van der Waals surface area contributed by atoms with Crippen molar-refractivity contribution in [1.29, 1.82) is 0 Å². The quantitative estimate of drug-likeness (QED) is 0.732. The number of benzene rings is 1. The summed E-state index contributed by atoms with van der Waals surface area (Å²) in [4.78, 5) is 13.4.